The molecule has 7 heteroatoms. The first kappa shape index (κ1) is 17.9. The summed E-state index contributed by atoms with van der Waals surface area (Å²) in [4.78, 5) is 30.5. The third-order valence-electron chi connectivity index (χ3n) is 7.09. The number of amides is 1. The Morgan fingerprint density at radius 1 is 1.11 bits per heavy atom. The van der Waals surface area contributed by atoms with E-state index in [0.29, 0.717) is 5.41 Å². The van der Waals surface area contributed by atoms with Crippen molar-refractivity contribution in [3.63, 3.8) is 0 Å². The van der Waals surface area contributed by atoms with Crippen molar-refractivity contribution < 1.29 is 4.79 Å². The third kappa shape index (κ3) is 3.06. The van der Waals surface area contributed by atoms with Crippen LogP contribution in [0.1, 0.15) is 38.1 Å². The van der Waals surface area contributed by atoms with Crippen LogP contribution in [-0.2, 0) is 4.79 Å². The molecule has 0 aliphatic carbocycles. The van der Waals surface area contributed by atoms with E-state index in [-0.39, 0.29) is 23.7 Å². The van der Waals surface area contributed by atoms with E-state index in [1.807, 2.05) is 33.7 Å². The molecular formula is C21H29N5O2. The fourth-order valence-electron chi connectivity index (χ4n) is 5.43. The molecule has 3 N–H and O–H groups in total. The Balaban J connectivity index is 1.24. The quantitative estimate of drug-likeness (QED) is 0.728. The highest BCUT2D eigenvalue weighted by atomic mass is 16.2. The van der Waals surface area contributed by atoms with Gasteiger partial charge in [0.25, 0.3) is 0 Å². The van der Waals surface area contributed by atoms with Crippen LogP contribution in [0.25, 0.3) is 11.0 Å². The second-order valence-corrected chi connectivity index (χ2v) is 8.76. The molecule has 3 saturated heterocycles. The second-order valence-electron chi connectivity index (χ2n) is 8.76. The predicted molar refractivity (Wildman–Crippen MR) is 108 cm³/mol. The Bertz CT molecular complexity index is 918. The summed E-state index contributed by atoms with van der Waals surface area (Å²) >= 11 is 0. The van der Waals surface area contributed by atoms with Crippen molar-refractivity contribution in [1.82, 2.24) is 25.1 Å². The van der Waals surface area contributed by atoms with Crippen LogP contribution in [-0.4, -0.2) is 59.1 Å². The summed E-state index contributed by atoms with van der Waals surface area (Å²) in [6, 6.07) is 7.95. The summed E-state index contributed by atoms with van der Waals surface area (Å²) in [5.74, 6) is 0.250. The fourth-order valence-corrected chi connectivity index (χ4v) is 5.43. The Hall–Kier alpha value is -2.12. The number of fused-ring (bicyclic) bond motifs is 1. The Kier molecular flexibility index (Phi) is 4.51. The lowest BCUT2D eigenvalue weighted by molar-refractivity contribution is -0.134. The summed E-state index contributed by atoms with van der Waals surface area (Å²) in [6.45, 7) is 4.54. The van der Waals surface area contributed by atoms with E-state index in [1.165, 1.54) is 0 Å². The minimum Gasteiger partial charge on any atom is -0.341 e. The molecule has 5 rings (SSSR count). The zero-order chi connectivity index (χ0) is 19.1. The SMILES string of the molecule is O=C(C1CC2(CCNCC2)CN1)N1CCC(n2c(=O)[nH]c3ccccc32)CC1. The van der Waals surface area contributed by atoms with Gasteiger partial charge in [-0.2, -0.15) is 0 Å². The van der Waals surface area contributed by atoms with E-state index < -0.39 is 0 Å². The van der Waals surface area contributed by atoms with Crippen molar-refractivity contribution in [1.29, 1.82) is 0 Å². The first-order valence-electron chi connectivity index (χ1n) is 10.6. The lowest BCUT2D eigenvalue weighted by Gasteiger charge is -2.35. The zero-order valence-corrected chi connectivity index (χ0v) is 16.2. The average Bonchev–Trinajstić information content (AvgIpc) is 3.28. The number of H-pyrrole nitrogens is 1. The molecule has 3 aliphatic heterocycles. The highest BCUT2D eigenvalue weighted by Gasteiger charge is 2.43. The van der Waals surface area contributed by atoms with Gasteiger partial charge in [-0.1, -0.05) is 12.1 Å². The first-order valence-corrected chi connectivity index (χ1v) is 10.6. The summed E-state index contributed by atoms with van der Waals surface area (Å²) in [6.07, 6.45) is 4.95. The Labute approximate surface area is 164 Å². The standard InChI is InChI=1S/C21H29N5O2/c27-19(17-13-21(14-23-17)7-9-22-10-8-21)25-11-5-15(6-12-25)26-18-4-2-1-3-16(18)24-20(26)28/h1-4,15,17,22-23H,5-14H2,(H,24,28). The van der Waals surface area contributed by atoms with Crippen LogP contribution >= 0.6 is 0 Å². The number of nitrogens with one attached hydrogen (secondary N) is 3. The summed E-state index contributed by atoms with van der Waals surface area (Å²) in [5.41, 5.74) is 2.11. The molecule has 150 valence electrons. The number of hydrogen-bond donors (Lipinski definition) is 3. The van der Waals surface area contributed by atoms with Crippen LogP contribution in [0.15, 0.2) is 29.1 Å². The number of likely N-dealkylation sites (tertiary alicyclic amines) is 1. The molecule has 3 aliphatic rings. The molecule has 1 aromatic carbocycles. The van der Waals surface area contributed by atoms with Crippen molar-refractivity contribution in [2.45, 2.75) is 44.2 Å². The lowest BCUT2D eigenvalue weighted by atomic mass is 9.77. The van der Waals surface area contributed by atoms with Crippen LogP contribution in [0.4, 0.5) is 0 Å². The largest absolute Gasteiger partial charge is 0.341 e. The maximum atomic E-state index is 13.1. The van der Waals surface area contributed by atoms with Crippen LogP contribution < -0.4 is 16.3 Å². The predicted octanol–water partition coefficient (Wildman–Crippen LogP) is 1.22. The first-order chi connectivity index (χ1) is 13.7. The smallest absolute Gasteiger partial charge is 0.326 e. The third-order valence-corrected chi connectivity index (χ3v) is 7.09. The molecule has 28 heavy (non-hydrogen) atoms. The molecular weight excluding hydrogens is 354 g/mol. The van der Waals surface area contributed by atoms with E-state index in [9.17, 15) is 9.59 Å². The molecule has 1 unspecified atom stereocenters. The van der Waals surface area contributed by atoms with Crippen molar-refractivity contribution in [3.05, 3.63) is 34.7 Å². The molecule has 1 aromatic heterocycles. The van der Waals surface area contributed by atoms with Crippen LogP contribution in [0, 0.1) is 5.41 Å². The van der Waals surface area contributed by atoms with E-state index >= 15 is 0 Å². The molecule has 4 heterocycles. The number of carbonyl (C=O) groups is 1. The van der Waals surface area contributed by atoms with Crippen molar-refractivity contribution in [2.75, 3.05) is 32.7 Å². The molecule has 0 bridgehead atoms. The van der Waals surface area contributed by atoms with Crippen LogP contribution in [0.5, 0.6) is 0 Å². The topological polar surface area (TPSA) is 82.2 Å². The van der Waals surface area contributed by atoms with E-state index in [0.717, 1.165) is 75.9 Å². The van der Waals surface area contributed by atoms with Gasteiger partial charge in [-0.25, -0.2) is 4.79 Å². The Morgan fingerprint density at radius 3 is 2.64 bits per heavy atom. The molecule has 3 fully saturated rings. The van der Waals surface area contributed by atoms with Gasteiger partial charge < -0.3 is 20.5 Å². The number of aromatic nitrogens is 2. The van der Waals surface area contributed by atoms with Crippen LogP contribution in [0.2, 0.25) is 0 Å². The van der Waals surface area contributed by atoms with Gasteiger partial charge in [-0.3, -0.25) is 9.36 Å². The molecule has 2 aromatic rings. The number of aromatic amines is 1. The number of para-hydroxylation sites is 2. The van der Waals surface area contributed by atoms with Gasteiger partial charge in [0.05, 0.1) is 17.1 Å². The van der Waals surface area contributed by atoms with Crippen molar-refractivity contribution >= 4 is 16.9 Å². The molecule has 1 spiro atoms. The number of piperidine rings is 2. The van der Waals surface area contributed by atoms with Gasteiger partial charge in [0.15, 0.2) is 0 Å². The number of imidazole rings is 1. The number of carbonyl (C=O) groups excluding carboxylic acids is 1. The van der Waals surface area contributed by atoms with Gasteiger partial charge >= 0.3 is 5.69 Å². The number of rotatable bonds is 2. The van der Waals surface area contributed by atoms with Crippen molar-refractivity contribution in [2.24, 2.45) is 5.41 Å². The number of hydrogen-bond acceptors (Lipinski definition) is 4. The van der Waals surface area contributed by atoms with Crippen molar-refractivity contribution in [3.8, 4) is 0 Å². The maximum absolute atomic E-state index is 13.1. The lowest BCUT2D eigenvalue weighted by Crippen LogP contribution is -2.47. The van der Waals surface area contributed by atoms with Gasteiger partial charge in [-0.05, 0) is 62.7 Å². The fraction of sp³-hybridized carbons (Fsp3) is 0.619. The summed E-state index contributed by atoms with van der Waals surface area (Å²) < 4.78 is 1.88. The molecule has 7 nitrogen and oxygen atoms in total. The van der Waals surface area contributed by atoms with Gasteiger partial charge in [0, 0.05) is 25.7 Å². The van der Waals surface area contributed by atoms with Crippen LogP contribution in [0.3, 0.4) is 0 Å². The maximum Gasteiger partial charge on any atom is 0.326 e. The highest BCUT2D eigenvalue weighted by Crippen LogP contribution is 2.38. The summed E-state index contributed by atoms with van der Waals surface area (Å²) in [5, 5.41) is 6.93. The Morgan fingerprint density at radius 2 is 1.86 bits per heavy atom. The summed E-state index contributed by atoms with van der Waals surface area (Å²) in [7, 11) is 0. The normalized spacial score (nSPS) is 25.6. The molecule has 0 radical (unpaired) electrons. The van der Waals surface area contributed by atoms with E-state index in [4.69, 9.17) is 0 Å². The molecule has 1 atom stereocenters. The van der Waals surface area contributed by atoms with Gasteiger partial charge in [0.1, 0.15) is 0 Å². The molecule has 0 saturated carbocycles. The highest BCUT2D eigenvalue weighted by molar-refractivity contribution is 5.82. The van der Waals surface area contributed by atoms with Gasteiger partial charge in [0.2, 0.25) is 5.91 Å². The molecule has 1 amide bonds. The monoisotopic (exact) mass is 383 g/mol. The zero-order valence-electron chi connectivity index (χ0n) is 16.2. The van der Waals surface area contributed by atoms with E-state index in [1.54, 1.807) is 0 Å². The number of nitrogens with zero attached hydrogens (tertiary/aromatic N) is 2. The number of benzene rings is 1. The minimum absolute atomic E-state index is 0.0366. The van der Waals surface area contributed by atoms with E-state index in [2.05, 4.69) is 15.6 Å². The average molecular weight is 383 g/mol. The minimum atomic E-state index is -0.0451. The second kappa shape index (κ2) is 7.04. The van der Waals surface area contributed by atoms with Gasteiger partial charge in [-0.15, -0.1) is 0 Å².